The van der Waals surface area contributed by atoms with E-state index >= 15 is 0 Å². The highest BCUT2D eigenvalue weighted by Gasteiger charge is 2.18. The monoisotopic (exact) mass is 347 g/mol. The first-order chi connectivity index (χ1) is 12.7. The van der Waals surface area contributed by atoms with Gasteiger partial charge in [0.2, 0.25) is 0 Å². The van der Waals surface area contributed by atoms with Crippen LogP contribution in [0.3, 0.4) is 0 Å². The van der Waals surface area contributed by atoms with Crippen LogP contribution in [0.5, 0.6) is 11.5 Å². The van der Waals surface area contributed by atoms with Gasteiger partial charge >= 0.3 is 0 Å². The number of hydrogen-bond acceptors (Lipinski definition) is 3. The maximum atomic E-state index is 12.7. The van der Waals surface area contributed by atoms with Crippen molar-refractivity contribution in [3.8, 4) is 11.5 Å². The molecule has 4 heteroatoms. The summed E-state index contributed by atoms with van der Waals surface area (Å²) in [5.41, 5.74) is 2.58. The molecule has 3 rings (SSSR count). The van der Waals surface area contributed by atoms with Gasteiger partial charge in [-0.05, 0) is 47.5 Å². The van der Waals surface area contributed by atoms with Crippen LogP contribution in [0.15, 0.2) is 78.9 Å². The van der Waals surface area contributed by atoms with Crippen LogP contribution >= 0.6 is 0 Å². The van der Waals surface area contributed by atoms with Gasteiger partial charge in [0, 0.05) is 5.56 Å². The lowest BCUT2D eigenvalue weighted by atomic mass is 9.98. The van der Waals surface area contributed by atoms with Crippen LogP contribution in [0, 0.1) is 0 Å². The Balaban J connectivity index is 1.88. The summed E-state index contributed by atoms with van der Waals surface area (Å²) in [5, 5.41) is 3.12. The first-order valence-corrected chi connectivity index (χ1v) is 8.35. The Bertz CT molecular complexity index is 843. The molecule has 132 valence electrons. The van der Waals surface area contributed by atoms with E-state index in [4.69, 9.17) is 9.47 Å². The van der Waals surface area contributed by atoms with Gasteiger partial charge in [-0.1, -0.05) is 42.5 Å². The molecule has 1 atom stereocenters. The molecule has 3 aromatic rings. The standard InChI is InChI=1S/C22H21NO3/c1-25-19-12-8-17(9-13-19)21(16-6-4-3-5-7-16)23-22(24)18-10-14-20(26-2)15-11-18/h3-15,21H,1-2H3,(H,23,24)/t21-/m1/s1. The van der Waals surface area contributed by atoms with Gasteiger partial charge in [-0.3, -0.25) is 4.79 Å². The summed E-state index contributed by atoms with van der Waals surface area (Å²) >= 11 is 0. The number of carbonyl (C=O) groups excluding carboxylic acids is 1. The Kier molecular flexibility index (Phi) is 5.54. The normalized spacial score (nSPS) is 11.5. The average Bonchev–Trinajstić information content (AvgIpc) is 2.72. The number of benzene rings is 3. The minimum absolute atomic E-state index is 0.141. The Hall–Kier alpha value is -3.27. The third-order valence-corrected chi connectivity index (χ3v) is 4.21. The van der Waals surface area contributed by atoms with E-state index in [2.05, 4.69) is 5.32 Å². The number of methoxy groups -OCH3 is 2. The topological polar surface area (TPSA) is 47.6 Å². The molecule has 0 spiro atoms. The van der Waals surface area contributed by atoms with Crippen LogP contribution in [0.25, 0.3) is 0 Å². The Morgan fingerprint density at radius 2 is 1.23 bits per heavy atom. The second-order valence-electron chi connectivity index (χ2n) is 5.82. The summed E-state index contributed by atoms with van der Waals surface area (Å²) in [6, 6.07) is 24.4. The molecule has 0 radical (unpaired) electrons. The molecular weight excluding hydrogens is 326 g/mol. The van der Waals surface area contributed by atoms with Crippen LogP contribution in [0.4, 0.5) is 0 Å². The van der Waals surface area contributed by atoms with Crippen molar-refractivity contribution >= 4 is 5.91 Å². The van der Waals surface area contributed by atoms with Crippen molar-refractivity contribution in [2.45, 2.75) is 6.04 Å². The van der Waals surface area contributed by atoms with Gasteiger partial charge in [-0.25, -0.2) is 0 Å². The largest absolute Gasteiger partial charge is 0.497 e. The molecule has 0 unspecified atom stereocenters. The number of rotatable bonds is 6. The average molecular weight is 347 g/mol. The zero-order chi connectivity index (χ0) is 18.4. The minimum Gasteiger partial charge on any atom is -0.497 e. The first-order valence-electron chi connectivity index (χ1n) is 8.35. The molecule has 3 aromatic carbocycles. The summed E-state index contributed by atoms with van der Waals surface area (Å²) in [5.74, 6) is 1.36. The van der Waals surface area contributed by atoms with E-state index < -0.39 is 0 Å². The zero-order valence-corrected chi connectivity index (χ0v) is 14.8. The van der Waals surface area contributed by atoms with Crippen LogP contribution in [-0.2, 0) is 0 Å². The summed E-state index contributed by atoms with van der Waals surface area (Å²) in [6.45, 7) is 0. The van der Waals surface area contributed by atoms with Crippen molar-refractivity contribution in [1.29, 1.82) is 0 Å². The van der Waals surface area contributed by atoms with Crippen molar-refractivity contribution in [1.82, 2.24) is 5.32 Å². The third-order valence-electron chi connectivity index (χ3n) is 4.21. The molecule has 4 nitrogen and oxygen atoms in total. The highest BCUT2D eigenvalue weighted by atomic mass is 16.5. The van der Waals surface area contributed by atoms with Crippen LogP contribution in [-0.4, -0.2) is 20.1 Å². The molecule has 0 aromatic heterocycles. The molecule has 1 amide bonds. The fourth-order valence-corrected chi connectivity index (χ4v) is 2.76. The number of nitrogens with one attached hydrogen (secondary N) is 1. The predicted octanol–water partition coefficient (Wildman–Crippen LogP) is 4.22. The van der Waals surface area contributed by atoms with Crippen molar-refractivity contribution in [2.24, 2.45) is 0 Å². The molecule has 26 heavy (non-hydrogen) atoms. The zero-order valence-electron chi connectivity index (χ0n) is 14.8. The highest BCUT2D eigenvalue weighted by molar-refractivity contribution is 5.94. The van der Waals surface area contributed by atoms with Gasteiger partial charge in [0.05, 0.1) is 20.3 Å². The van der Waals surface area contributed by atoms with E-state index in [1.807, 2.05) is 54.6 Å². The van der Waals surface area contributed by atoms with Crippen molar-refractivity contribution < 1.29 is 14.3 Å². The summed E-state index contributed by atoms with van der Waals surface area (Å²) in [6.07, 6.45) is 0. The lowest BCUT2D eigenvalue weighted by molar-refractivity contribution is 0.0943. The molecule has 0 aliphatic rings. The summed E-state index contributed by atoms with van der Waals surface area (Å²) < 4.78 is 10.4. The van der Waals surface area contributed by atoms with E-state index in [-0.39, 0.29) is 11.9 Å². The maximum absolute atomic E-state index is 12.7. The van der Waals surface area contributed by atoms with E-state index in [1.54, 1.807) is 38.5 Å². The van der Waals surface area contributed by atoms with E-state index in [9.17, 15) is 4.79 Å². The van der Waals surface area contributed by atoms with E-state index in [1.165, 1.54) is 0 Å². The van der Waals surface area contributed by atoms with Crippen molar-refractivity contribution in [3.63, 3.8) is 0 Å². The SMILES string of the molecule is COc1ccc(C(=O)N[C@H](c2ccccc2)c2ccc(OC)cc2)cc1. The molecule has 0 heterocycles. The van der Waals surface area contributed by atoms with Crippen LogP contribution < -0.4 is 14.8 Å². The third kappa shape index (κ3) is 4.03. The van der Waals surface area contributed by atoms with Gasteiger partial charge < -0.3 is 14.8 Å². The molecule has 0 bridgehead atoms. The first kappa shape index (κ1) is 17.5. The number of hydrogen-bond donors (Lipinski definition) is 1. The van der Waals surface area contributed by atoms with Gasteiger partial charge in [-0.15, -0.1) is 0 Å². The lowest BCUT2D eigenvalue weighted by Crippen LogP contribution is -2.29. The molecule has 1 N–H and O–H groups in total. The predicted molar refractivity (Wildman–Crippen MR) is 102 cm³/mol. The van der Waals surface area contributed by atoms with Gasteiger partial charge in [0.15, 0.2) is 0 Å². The van der Waals surface area contributed by atoms with Crippen molar-refractivity contribution in [3.05, 3.63) is 95.6 Å². The number of ether oxygens (including phenoxy) is 2. The Morgan fingerprint density at radius 1 is 0.731 bits per heavy atom. The molecular formula is C22H21NO3. The molecule has 0 aliphatic carbocycles. The number of amides is 1. The maximum Gasteiger partial charge on any atom is 0.252 e. The van der Waals surface area contributed by atoms with Gasteiger partial charge in [0.25, 0.3) is 5.91 Å². The van der Waals surface area contributed by atoms with Crippen LogP contribution in [0.2, 0.25) is 0 Å². The fourth-order valence-electron chi connectivity index (χ4n) is 2.76. The lowest BCUT2D eigenvalue weighted by Gasteiger charge is -2.20. The van der Waals surface area contributed by atoms with Crippen LogP contribution in [0.1, 0.15) is 27.5 Å². The Morgan fingerprint density at radius 3 is 1.77 bits per heavy atom. The second kappa shape index (κ2) is 8.21. The minimum atomic E-state index is -0.253. The second-order valence-corrected chi connectivity index (χ2v) is 5.82. The highest BCUT2D eigenvalue weighted by Crippen LogP contribution is 2.25. The van der Waals surface area contributed by atoms with E-state index in [0.29, 0.717) is 5.56 Å². The summed E-state index contributed by atoms with van der Waals surface area (Å²) in [7, 11) is 3.24. The van der Waals surface area contributed by atoms with Gasteiger partial charge in [0.1, 0.15) is 11.5 Å². The molecule has 0 saturated heterocycles. The summed E-state index contributed by atoms with van der Waals surface area (Å²) in [4.78, 5) is 12.7. The quantitative estimate of drug-likeness (QED) is 0.726. The Labute approximate surface area is 153 Å². The van der Waals surface area contributed by atoms with E-state index in [0.717, 1.165) is 22.6 Å². The molecule has 0 aliphatic heterocycles. The molecule has 0 fully saturated rings. The van der Waals surface area contributed by atoms with Crippen molar-refractivity contribution in [2.75, 3.05) is 14.2 Å². The van der Waals surface area contributed by atoms with Gasteiger partial charge in [-0.2, -0.15) is 0 Å². The molecule has 0 saturated carbocycles. The number of carbonyl (C=O) groups is 1. The fraction of sp³-hybridized carbons (Fsp3) is 0.136. The smallest absolute Gasteiger partial charge is 0.252 e.